The van der Waals surface area contributed by atoms with Crippen molar-refractivity contribution >= 4 is 30.0 Å². The highest BCUT2D eigenvalue weighted by Gasteiger charge is 2.18. The van der Waals surface area contributed by atoms with Crippen LogP contribution in [0.25, 0.3) is 10.8 Å². The SMILES string of the molecule is O=P(O)(CCl)Oc1ccc2ccccc2c1. The zero-order valence-corrected chi connectivity index (χ0v) is 9.99. The van der Waals surface area contributed by atoms with Gasteiger partial charge in [0.25, 0.3) is 0 Å². The van der Waals surface area contributed by atoms with Crippen LogP contribution in [0.1, 0.15) is 0 Å². The maximum Gasteiger partial charge on any atom is 0.391 e. The van der Waals surface area contributed by atoms with Gasteiger partial charge in [-0.15, -0.1) is 11.6 Å². The zero-order valence-electron chi connectivity index (χ0n) is 8.34. The van der Waals surface area contributed by atoms with Crippen molar-refractivity contribution in [3.63, 3.8) is 0 Å². The van der Waals surface area contributed by atoms with Gasteiger partial charge in [-0.2, -0.15) is 0 Å². The predicted octanol–water partition coefficient (Wildman–Crippen LogP) is 3.60. The molecular formula is C11H10ClO3P. The Morgan fingerprint density at radius 2 is 1.88 bits per heavy atom. The summed E-state index contributed by atoms with van der Waals surface area (Å²) in [5.74, 6) is 0.352. The summed E-state index contributed by atoms with van der Waals surface area (Å²) < 4.78 is 16.2. The first-order chi connectivity index (χ1) is 7.61. The van der Waals surface area contributed by atoms with E-state index >= 15 is 0 Å². The van der Waals surface area contributed by atoms with E-state index in [2.05, 4.69) is 0 Å². The molecule has 5 heteroatoms. The van der Waals surface area contributed by atoms with Gasteiger partial charge in [0.05, 0.1) is 0 Å². The van der Waals surface area contributed by atoms with Gasteiger partial charge in [-0.05, 0) is 22.9 Å². The minimum absolute atomic E-state index is 0.352. The van der Waals surface area contributed by atoms with Crippen molar-refractivity contribution in [2.75, 3.05) is 5.62 Å². The molecule has 0 aromatic heterocycles. The molecule has 0 saturated carbocycles. The van der Waals surface area contributed by atoms with E-state index in [0.717, 1.165) is 10.8 Å². The first-order valence-corrected chi connectivity index (χ1v) is 6.97. The molecule has 1 unspecified atom stereocenters. The second kappa shape index (κ2) is 4.46. The fourth-order valence-electron chi connectivity index (χ4n) is 1.41. The molecule has 0 aliphatic heterocycles. The Balaban J connectivity index is 2.37. The summed E-state index contributed by atoms with van der Waals surface area (Å²) in [6.45, 7) is 0. The van der Waals surface area contributed by atoms with Crippen LogP contribution in [0.15, 0.2) is 42.5 Å². The standard InChI is InChI=1S/C11H10ClO3P/c12-8-16(13,14)15-11-6-5-9-3-1-2-4-10(9)7-11/h1-7H,8H2,(H,13,14). The molecule has 1 atom stereocenters. The zero-order chi connectivity index (χ0) is 11.6. The summed E-state index contributed by atoms with van der Waals surface area (Å²) in [6.07, 6.45) is 0. The van der Waals surface area contributed by atoms with Crippen LogP contribution in [0, 0.1) is 0 Å². The van der Waals surface area contributed by atoms with Gasteiger partial charge in [-0.25, -0.2) is 4.57 Å². The highest BCUT2D eigenvalue weighted by atomic mass is 35.5. The summed E-state index contributed by atoms with van der Waals surface area (Å²) in [6, 6.07) is 12.9. The molecule has 84 valence electrons. The number of fused-ring (bicyclic) bond motifs is 1. The van der Waals surface area contributed by atoms with Crippen molar-refractivity contribution in [2.24, 2.45) is 0 Å². The van der Waals surface area contributed by atoms with Crippen LogP contribution in [0.4, 0.5) is 0 Å². The Labute approximate surface area is 98.2 Å². The van der Waals surface area contributed by atoms with Crippen molar-refractivity contribution < 1.29 is 14.0 Å². The topological polar surface area (TPSA) is 46.5 Å². The molecule has 2 aromatic rings. The van der Waals surface area contributed by atoms with E-state index < -0.39 is 13.2 Å². The van der Waals surface area contributed by atoms with Crippen LogP contribution in [0.3, 0.4) is 0 Å². The van der Waals surface area contributed by atoms with Crippen LogP contribution in [-0.2, 0) is 4.57 Å². The summed E-state index contributed by atoms with van der Waals surface area (Å²) in [4.78, 5) is 9.25. The molecule has 0 fully saturated rings. The van der Waals surface area contributed by atoms with E-state index in [1.807, 2.05) is 30.3 Å². The molecule has 0 heterocycles. The molecule has 0 spiro atoms. The number of hydrogen-bond donors (Lipinski definition) is 1. The Morgan fingerprint density at radius 1 is 1.19 bits per heavy atom. The number of halogens is 1. The first kappa shape index (κ1) is 11.5. The number of hydrogen-bond acceptors (Lipinski definition) is 2. The lowest BCUT2D eigenvalue weighted by Gasteiger charge is -2.10. The maximum atomic E-state index is 11.3. The van der Waals surface area contributed by atoms with Gasteiger partial charge in [0, 0.05) is 0 Å². The molecule has 0 radical (unpaired) electrons. The van der Waals surface area contributed by atoms with E-state index in [1.54, 1.807) is 12.1 Å². The van der Waals surface area contributed by atoms with Crippen LogP contribution in [0.5, 0.6) is 5.75 Å². The molecule has 16 heavy (non-hydrogen) atoms. The highest BCUT2D eigenvalue weighted by molar-refractivity contribution is 7.55. The van der Waals surface area contributed by atoms with Gasteiger partial charge in [-0.1, -0.05) is 30.3 Å². The second-order valence-electron chi connectivity index (χ2n) is 3.36. The first-order valence-electron chi connectivity index (χ1n) is 4.67. The van der Waals surface area contributed by atoms with Gasteiger partial charge in [0.1, 0.15) is 11.4 Å². The van der Waals surface area contributed by atoms with Crippen LogP contribution in [-0.4, -0.2) is 10.5 Å². The van der Waals surface area contributed by atoms with Gasteiger partial charge in [0.2, 0.25) is 0 Å². The second-order valence-corrected chi connectivity index (χ2v) is 5.77. The molecule has 0 bridgehead atoms. The lowest BCUT2D eigenvalue weighted by molar-refractivity contribution is 0.385. The van der Waals surface area contributed by atoms with Gasteiger partial charge in [0.15, 0.2) is 0 Å². The third kappa shape index (κ3) is 2.56. The Morgan fingerprint density at radius 3 is 2.56 bits per heavy atom. The Hall–Kier alpha value is -1.02. The van der Waals surface area contributed by atoms with E-state index in [4.69, 9.17) is 16.1 Å². The molecule has 0 aliphatic rings. The van der Waals surface area contributed by atoms with E-state index in [9.17, 15) is 9.46 Å². The average molecular weight is 257 g/mol. The number of alkyl halides is 1. The van der Waals surface area contributed by atoms with E-state index in [0.29, 0.717) is 5.75 Å². The van der Waals surface area contributed by atoms with Crippen molar-refractivity contribution in [3.05, 3.63) is 42.5 Å². The lowest BCUT2D eigenvalue weighted by Crippen LogP contribution is -1.92. The minimum Gasteiger partial charge on any atom is -0.424 e. The maximum absolute atomic E-state index is 11.3. The molecule has 3 nitrogen and oxygen atoms in total. The molecule has 2 rings (SSSR count). The molecule has 0 amide bonds. The minimum atomic E-state index is -3.71. The third-order valence-corrected chi connectivity index (χ3v) is 3.82. The smallest absolute Gasteiger partial charge is 0.391 e. The van der Waals surface area contributed by atoms with Crippen LogP contribution < -0.4 is 4.52 Å². The summed E-state index contributed by atoms with van der Waals surface area (Å²) in [7, 11) is -3.71. The van der Waals surface area contributed by atoms with Crippen LogP contribution in [0.2, 0.25) is 0 Å². The fraction of sp³-hybridized carbons (Fsp3) is 0.0909. The highest BCUT2D eigenvalue weighted by Crippen LogP contribution is 2.43. The monoisotopic (exact) mass is 256 g/mol. The van der Waals surface area contributed by atoms with Crippen molar-refractivity contribution in [2.45, 2.75) is 0 Å². The lowest BCUT2D eigenvalue weighted by atomic mass is 10.1. The summed E-state index contributed by atoms with van der Waals surface area (Å²) >= 11 is 5.32. The number of rotatable bonds is 3. The van der Waals surface area contributed by atoms with Crippen molar-refractivity contribution in [1.82, 2.24) is 0 Å². The molecule has 2 aromatic carbocycles. The Kier molecular flexibility index (Phi) is 3.20. The van der Waals surface area contributed by atoms with Gasteiger partial charge < -0.3 is 9.42 Å². The predicted molar refractivity (Wildman–Crippen MR) is 65.1 cm³/mol. The van der Waals surface area contributed by atoms with Crippen LogP contribution >= 0.6 is 19.2 Å². The van der Waals surface area contributed by atoms with E-state index in [-0.39, 0.29) is 0 Å². The third-order valence-electron chi connectivity index (χ3n) is 2.12. The molecular weight excluding hydrogens is 247 g/mol. The average Bonchev–Trinajstić information content (AvgIpc) is 2.28. The van der Waals surface area contributed by atoms with E-state index in [1.165, 1.54) is 0 Å². The molecule has 0 aliphatic carbocycles. The fourth-order valence-corrected chi connectivity index (χ4v) is 2.05. The Bertz CT molecular complexity index is 556. The largest absolute Gasteiger partial charge is 0.424 e. The van der Waals surface area contributed by atoms with Gasteiger partial charge in [-0.3, -0.25) is 0 Å². The van der Waals surface area contributed by atoms with Crippen molar-refractivity contribution in [3.8, 4) is 5.75 Å². The normalized spacial score (nSPS) is 14.6. The summed E-state index contributed by atoms with van der Waals surface area (Å²) in [5, 5.41) is 2.00. The summed E-state index contributed by atoms with van der Waals surface area (Å²) in [5.41, 5.74) is -0.417. The quantitative estimate of drug-likeness (QED) is 0.674. The molecule has 1 N–H and O–H groups in total. The van der Waals surface area contributed by atoms with Gasteiger partial charge >= 0.3 is 7.60 Å². The number of benzene rings is 2. The van der Waals surface area contributed by atoms with Crippen molar-refractivity contribution in [1.29, 1.82) is 0 Å². The molecule has 0 saturated heterocycles.